The molecule has 0 radical (unpaired) electrons. The van der Waals surface area contributed by atoms with E-state index >= 15 is 0 Å². The predicted molar refractivity (Wildman–Crippen MR) is 146 cm³/mol. The van der Waals surface area contributed by atoms with Gasteiger partial charge in [0.2, 0.25) is 0 Å². The second-order valence-electron chi connectivity index (χ2n) is 9.59. The van der Waals surface area contributed by atoms with Crippen LogP contribution in [0.25, 0.3) is 0 Å². The Bertz CT molecular complexity index is 1060. The van der Waals surface area contributed by atoms with E-state index in [1.807, 2.05) is 19.2 Å². The van der Waals surface area contributed by atoms with Crippen molar-refractivity contribution in [3.8, 4) is 0 Å². The average Bonchev–Trinajstić information content (AvgIpc) is 2.89. The zero-order valence-corrected chi connectivity index (χ0v) is 22.9. The molecule has 0 N–H and O–H groups in total. The summed E-state index contributed by atoms with van der Waals surface area (Å²) in [6.45, 7) is 9.66. The second kappa shape index (κ2) is 12.5. The Labute approximate surface area is 224 Å². The van der Waals surface area contributed by atoms with Crippen LogP contribution in [0.3, 0.4) is 0 Å². The van der Waals surface area contributed by atoms with Crippen LogP contribution in [0.1, 0.15) is 50.7 Å². The second-order valence-corrected chi connectivity index (χ2v) is 10.4. The fourth-order valence-corrected chi connectivity index (χ4v) is 5.90. The fourth-order valence-electron chi connectivity index (χ4n) is 5.46. The maximum atomic E-state index is 14.2. The van der Waals surface area contributed by atoms with Gasteiger partial charge in [0.25, 0.3) is 0 Å². The Hall–Kier alpha value is -1.93. The normalized spacial score (nSPS) is 20.7. The van der Waals surface area contributed by atoms with Gasteiger partial charge in [-0.1, -0.05) is 48.3 Å². The number of anilines is 1. The van der Waals surface area contributed by atoms with E-state index < -0.39 is 0 Å². The summed E-state index contributed by atoms with van der Waals surface area (Å²) < 4.78 is 14.2. The molecule has 6 nitrogen and oxygen atoms in total. The van der Waals surface area contributed by atoms with Crippen molar-refractivity contribution in [2.24, 2.45) is 5.16 Å². The Kier molecular flexibility index (Phi) is 9.45. The number of oxime groups is 1. The van der Waals surface area contributed by atoms with Gasteiger partial charge in [0, 0.05) is 60.6 Å². The third-order valence-corrected chi connectivity index (χ3v) is 7.94. The standard InChI is InChI=1S/C27H36Cl2FN5O/c1-4-22-18-34(27-24(29)14-20(16-31-27)26(5-2)32-36-3)12-13-35(22)23-8-10-33(11-9-23)17-19-6-7-21(28)15-25(19)30/h6-7,14-16,22-23H,4-5,8-13,17-18H2,1-3H3/t22-/m0/s1. The van der Waals surface area contributed by atoms with E-state index in [9.17, 15) is 4.39 Å². The lowest BCUT2D eigenvalue weighted by Crippen LogP contribution is -2.58. The maximum Gasteiger partial charge on any atom is 0.147 e. The van der Waals surface area contributed by atoms with Gasteiger partial charge in [-0.25, -0.2) is 9.37 Å². The molecule has 2 fully saturated rings. The Morgan fingerprint density at radius 3 is 2.56 bits per heavy atom. The van der Waals surface area contributed by atoms with E-state index in [0.717, 1.165) is 75.5 Å². The number of piperidine rings is 1. The lowest BCUT2D eigenvalue weighted by atomic mass is 9.97. The smallest absolute Gasteiger partial charge is 0.147 e. The van der Waals surface area contributed by atoms with Crippen LogP contribution in [0.5, 0.6) is 0 Å². The molecule has 2 aliphatic heterocycles. The molecule has 2 saturated heterocycles. The minimum absolute atomic E-state index is 0.219. The Morgan fingerprint density at radius 2 is 1.92 bits per heavy atom. The van der Waals surface area contributed by atoms with Crippen LogP contribution in [0.4, 0.5) is 10.2 Å². The van der Waals surface area contributed by atoms with Crippen LogP contribution in [0.2, 0.25) is 10.0 Å². The third kappa shape index (κ3) is 6.31. The molecule has 2 aromatic rings. The number of aromatic nitrogens is 1. The maximum absolute atomic E-state index is 14.2. The largest absolute Gasteiger partial charge is 0.399 e. The summed E-state index contributed by atoms with van der Waals surface area (Å²) >= 11 is 12.6. The quantitative estimate of drug-likeness (QED) is 0.313. The summed E-state index contributed by atoms with van der Waals surface area (Å²) in [4.78, 5) is 17.0. The highest BCUT2D eigenvalue weighted by Crippen LogP contribution is 2.30. The zero-order valence-electron chi connectivity index (χ0n) is 21.4. The van der Waals surface area contributed by atoms with Crippen LogP contribution < -0.4 is 4.90 Å². The highest BCUT2D eigenvalue weighted by atomic mass is 35.5. The molecule has 0 spiro atoms. The van der Waals surface area contributed by atoms with Gasteiger partial charge in [0.15, 0.2) is 0 Å². The molecule has 0 bridgehead atoms. The van der Waals surface area contributed by atoms with Crippen LogP contribution in [0.15, 0.2) is 35.6 Å². The summed E-state index contributed by atoms with van der Waals surface area (Å²) in [5.74, 6) is 0.621. The van der Waals surface area contributed by atoms with Gasteiger partial charge in [0.05, 0.1) is 10.7 Å². The average molecular weight is 537 g/mol. The minimum atomic E-state index is -0.219. The first-order chi connectivity index (χ1) is 17.4. The van der Waals surface area contributed by atoms with Crippen molar-refractivity contribution in [2.45, 2.75) is 58.2 Å². The van der Waals surface area contributed by atoms with E-state index in [1.165, 1.54) is 6.07 Å². The highest BCUT2D eigenvalue weighted by molar-refractivity contribution is 6.33. The molecule has 0 amide bonds. The molecule has 1 aromatic heterocycles. The van der Waals surface area contributed by atoms with Gasteiger partial charge in [-0.15, -0.1) is 0 Å². The lowest BCUT2D eigenvalue weighted by Gasteiger charge is -2.47. The molecule has 4 rings (SSSR count). The molecule has 0 aliphatic carbocycles. The molecule has 36 heavy (non-hydrogen) atoms. The van der Waals surface area contributed by atoms with Crippen LogP contribution >= 0.6 is 23.2 Å². The summed E-state index contributed by atoms with van der Waals surface area (Å²) in [6, 6.07) is 7.91. The number of piperazine rings is 1. The van der Waals surface area contributed by atoms with E-state index in [1.54, 1.807) is 19.2 Å². The number of likely N-dealkylation sites (tertiary alicyclic amines) is 1. The monoisotopic (exact) mass is 535 g/mol. The number of benzene rings is 1. The van der Waals surface area contributed by atoms with Gasteiger partial charge >= 0.3 is 0 Å². The molecule has 2 aliphatic rings. The summed E-state index contributed by atoms with van der Waals surface area (Å²) in [5.41, 5.74) is 2.44. The number of nitrogens with zero attached hydrogens (tertiary/aromatic N) is 5. The molecular weight excluding hydrogens is 500 g/mol. The van der Waals surface area contributed by atoms with Gasteiger partial charge in [-0.05, 0) is 57.0 Å². The minimum Gasteiger partial charge on any atom is -0.399 e. The number of hydrogen-bond acceptors (Lipinski definition) is 6. The van der Waals surface area contributed by atoms with Crippen molar-refractivity contribution in [3.63, 3.8) is 0 Å². The van der Waals surface area contributed by atoms with Crippen LogP contribution in [-0.4, -0.2) is 72.4 Å². The van der Waals surface area contributed by atoms with Crippen molar-refractivity contribution in [2.75, 3.05) is 44.7 Å². The number of halogens is 3. The summed E-state index contributed by atoms with van der Waals surface area (Å²) in [5, 5.41) is 5.18. The zero-order chi connectivity index (χ0) is 25.7. The molecule has 0 unspecified atom stereocenters. The first-order valence-corrected chi connectivity index (χ1v) is 13.6. The lowest BCUT2D eigenvalue weighted by molar-refractivity contribution is 0.0607. The molecular formula is C27H36Cl2FN5O. The summed E-state index contributed by atoms with van der Waals surface area (Å²) in [6.07, 6.45) is 5.85. The molecule has 1 atom stereocenters. The first-order valence-electron chi connectivity index (χ1n) is 12.9. The third-order valence-electron chi connectivity index (χ3n) is 7.43. The van der Waals surface area contributed by atoms with E-state index in [2.05, 4.69) is 26.8 Å². The van der Waals surface area contributed by atoms with Gasteiger partial charge in [-0.2, -0.15) is 0 Å². The van der Waals surface area contributed by atoms with Crippen LogP contribution in [0, 0.1) is 5.82 Å². The number of rotatable bonds is 8. The predicted octanol–water partition coefficient (Wildman–Crippen LogP) is 5.85. The van der Waals surface area contributed by atoms with Crippen molar-refractivity contribution in [1.82, 2.24) is 14.8 Å². The van der Waals surface area contributed by atoms with E-state index in [4.69, 9.17) is 33.0 Å². The van der Waals surface area contributed by atoms with Gasteiger partial charge < -0.3 is 9.74 Å². The van der Waals surface area contributed by atoms with E-state index in [0.29, 0.717) is 34.2 Å². The molecule has 9 heteroatoms. The van der Waals surface area contributed by atoms with E-state index in [-0.39, 0.29) is 5.82 Å². The molecule has 1 aromatic carbocycles. The van der Waals surface area contributed by atoms with Crippen molar-refractivity contribution >= 4 is 34.7 Å². The topological polar surface area (TPSA) is 44.2 Å². The van der Waals surface area contributed by atoms with Crippen LogP contribution in [-0.2, 0) is 11.4 Å². The van der Waals surface area contributed by atoms with Crippen molar-refractivity contribution in [3.05, 3.63) is 57.5 Å². The number of pyridine rings is 1. The molecule has 196 valence electrons. The molecule has 0 saturated carbocycles. The Morgan fingerprint density at radius 1 is 1.14 bits per heavy atom. The summed E-state index contributed by atoms with van der Waals surface area (Å²) in [7, 11) is 1.55. The number of hydrogen-bond donors (Lipinski definition) is 0. The van der Waals surface area contributed by atoms with Crippen molar-refractivity contribution in [1.29, 1.82) is 0 Å². The van der Waals surface area contributed by atoms with Crippen molar-refractivity contribution < 1.29 is 9.23 Å². The van der Waals surface area contributed by atoms with Gasteiger partial charge in [0.1, 0.15) is 18.7 Å². The molecule has 3 heterocycles. The highest BCUT2D eigenvalue weighted by Gasteiger charge is 2.34. The fraction of sp³-hybridized carbons (Fsp3) is 0.556. The SMILES string of the molecule is CCC(=NOC)c1cnc(N2CCN(C3CCN(Cc4ccc(Cl)cc4F)CC3)[C@@H](CC)C2)c(Cl)c1. The van der Waals surface area contributed by atoms with Gasteiger partial charge in [-0.3, -0.25) is 9.80 Å². The Balaban J connectivity index is 1.35. The first kappa shape index (κ1) is 27.1.